The van der Waals surface area contributed by atoms with Crippen LogP contribution < -0.4 is 14.4 Å². The molecule has 0 bridgehead atoms. The van der Waals surface area contributed by atoms with E-state index in [0.29, 0.717) is 5.57 Å². The van der Waals surface area contributed by atoms with Gasteiger partial charge in [0.25, 0.3) is 0 Å². The zero-order valence-corrected chi connectivity index (χ0v) is 31.1. The molecular formula is C46H48N2O3S. The maximum Gasteiger partial charge on any atom is 0.150 e. The first kappa shape index (κ1) is 36.6. The predicted molar refractivity (Wildman–Crippen MR) is 219 cm³/mol. The topological polar surface area (TPSA) is 51.7 Å². The van der Waals surface area contributed by atoms with E-state index in [-0.39, 0.29) is 0 Å². The summed E-state index contributed by atoms with van der Waals surface area (Å²) in [5.41, 5.74) is 7.51. The molecule has 0 fully saturated rings. The number of aromatic nitrogens is 1. The summed E-state index contributed by atoms with van der Waals surface area (Å²) in [6, 6.07) is 41.1. The minimum Gasteiger partial charge on any atom is -0.494 e. The van der Waals surface area contributed by atoms with Gasteiger partial charge in [0.2, 0.25) is 0 Å². The van der Waals surface area contributed by atoms with Gasteiger partial charge in [-0.05, 0) is 103 Å². The second kappa shape index (κ2) is 18.9. The summed E-state index contributed by atoms with van der Waals surface area (Å²) >= 11 is 1.68. The van der Waals surface area contributed by atoms with Crippen LogP contribution in [0.1, 0.15) is 76.3 Å². The number of hydrogen-bond acceptors (Lipinski definition) is 6. The molecule has 0 radical (unpaired) electrons. The molecular weight excluding hydrogens is 661 g/mol. The van der Waals surface area contributed by atoms with Crippen LogP contribution in [0.4, 0.5) is 17.1 Å². The van der Waals surface area contributed by atoms with Crippen molar-refractivity contribution in [2.24, 2.45) is 0 Å². The number of anilines is 3. The molecule has 0 saturated heterocycles. The fourth-order valence-electron chi connectivity index (χ4n) is 6.15. The van der Waals surface area contributed by atoms with Crippen molar-refractivity contribution in [3.8, 4) is 22.1 Å². The first-order valence-electron chi connectivity index (χ1n) is 18.6. The predicted octanol–water partition coefficient (Wildman–Crippen LogP) is 13.1. The molecule has 6 rings (SSSR count). The van der Waals surface area contributed by atoms with E-state index in [9.17, 15) is 4.79 Å². The second-order valence-corrected chi connectivity index (χ2v) is 14.0. The number of benzene rings is 5. The number of allylic oxidation sites excluding steroid dienone is 1. The van der Waals surface area contributed by atoms with Gasteiger partial charge < -0.3 is 14.4 Å². The lowest BCUT2D eigenvalue weighted by molar-refractivity contribution is -0.103. The van der Waals surface area contributed by atoms with E-state index in [0.717, 1.165) is 88.1 Å². The highest BCUT2D eigenvalue weighted by atomic mass is 32.1. The maximum atomic E-state index is 12.4. The van der Waals surface area contributed by atoms with Gasteiger partial charge in [-0.3, -0.25) is 4.79 Å². The summed E-state index contributed by atoms with van der Waals surface area (Å²) in [4.78, 5) is 19.4. The van der Waals surface area contributed by atoms with Crippen LogP contribution in [0.15, 0.2) is 121 Å². The molecule has 0 spiro atoms. The molecule has 5 aromatic carbocycles. The molecule has 0 aliphatic carbocycles. The largest absolute Gasteiger partial charge is 0.494 e. The van der Waals surface area contributed by atoms with Crippen LogP contribution >= 0.6 is 11.3 Å². The van der Waals surface area contributed by atoms with E-state index in [1.165, 1.54) is 43.2 Å². The lowest BCUT2D eigenvalue weighted by atomic mass is 10.0. The van der Waals surface area contributed by atoms with Crippen molar-refractivity contribution >= 4 is 56.6 Å². The Balaban J connectivity index is 1.20. The van der Waals surface area contributed by atoms with Gasteiger partial charge in [0.1, 0.15) is 16.5 Å². The minimum absolute atomic E-state index is 0.617. The van der Waals surface area contributed by atoms with Crippen molar-refractivity contribution in [1.29, 1.82) is 0 Å². The smallest absolute Gasteiger partial charge is 0.150 e. The Kier molecular flexibility index (Phi) is 13.3. The Labute approximate surface area is 312 Å². The number of unbranched alkanes of at least 4 members (excludes halogenated alkanes) is 6. The number of aldehydes is 1. The maximum absolute atomic E-state index is 12.4. The summed E-state index contributed by atoms with van der Waals surface area (Å²) in [5, 5.41) is 0.988. The third-order valence-electron chi connectivity index (χ3n) is 9.08. The van der Waals surface area contributed by atoms with E-state index in [1.807, 2.05) is 72.8 Å². The average Bonchev–Trinajstić information content (AvgIpc) is 3.63. The normalized spacial score (nSPS) is 11.5. The number of rotatable bonds is 19. The number of nitrogens with zero attached hydrogens (tertiary/aromatic N) is 2. The Morgan fingerprint density at radius 3 is 1.69 bits per heavy atom. The molecule has 0 saturated carbocycles. The molecule has 0 aliphatic heterocycles. The third-order valence-corrected chi connectivity index (χ3v) is 10.2. The fraction of sp³-hybridized carbons (Fsp3) is 0.261. The van der Waals surface area contributed by atoms with Crippen molar-refractivity contribution in [3.63, 3.8) is 0 Å². The highest BCUT2D eigenvalue weighted by molar-refractivity contribution is 7.21. The zero-order valence-electron chi connectivity index (χ0n) is 30.3. The van der Waals surface area contributed by atoms with Crippen LogP contribution in [0.5, 0.6) is 11.5 Å². The number of fused-ring (bicyclic) bond motifs is 1. The van der Waals surface area contributed by atoms with Gasteiger partial charge in [-0.2, -0.15) is 0 Å². The van der Waals surface area contributed by atoms with E-state index in [4.69, 9.17) is 14.5 Å². The summed E-state index contributed by atoms with van der Waals surface area (Å²) in [7, 11) is 0. The molecule has 1 aromatic heterocycles. The molecule has 0 atom stereocenters. The Morgan fingerprint density at radius 1 is 0.635 bits per heavy atom. The standard InChI is InChI=1S/C46H48N2O3S/c1-3-5-7-11-31-50-42-27-23-40(24-28-42)48(41-25-29-43(30-26-41)51-32-12-8-6-4-2)39-21-19-36(20-22-39)38(34-49)33-35-15-17-37(18-16-35)46-47-44-13-9-10-14-45(44)52-46/h9-10,13-30,33-34H,3-8,11-12,31-32H2,1-2H3/b38-33+. The van der Waals surface area contributed by atoms with E-state index >= 15 is 0 Å². The quantitative estimate of drug-likeness (QED) is 0.0363. The van der Waals surface area contributed by atoms with E-state index < -0.39 is 0 Å². The third kappa shape index (κ3) is 9.77. The number of ether oxygens (including phenoxy) is 2. The Hall–Kier alpha value is -5.20. The monoisotopic (exact) mass is 708 g/mol. The van der Waals surface area contributed by atoms with Crippen LogP contribution in [0.2, 0.25) is 0 Å². The van der Waals surface area contributed by atoms with Gasteiger partial charge in [0, 0.05) is 28.2 Å². The van der Waals surface area contributed by atoms with Crippen LogP contribution in [0, 0.1) is 0 Å². The van der Waals surface area contributed by atoms with Gasteiger partial charge >= 0.3 is 0 Å². The number of hydrogen-bond donors (Lipinski definition) is 0. The molecule has 0 N–H and O–H groups in total. The van der Waals surface area contributed by atoms with Crippen molar-refractivity contribution in [3.05, 3.63) is 132 Å². The molecule has 266 valence electrons. The van der Waals surface area contributed by atoms with Crippen LogP contribution in [-0.4, -0.2) is 24.5 Å². The van der Waals surface area contributed by atoms with Crippen LogP contribution in [0.25, 0.3) is 32.4 Å². The first-order chi connectivity index (χ1) is 25.6. The summed E-state index contributed by atoms with van der Waals surface area (Å²) in [6.07, 6.45) is 12.3. The van der Waals surface area contributed by atoms with Crippen molar-refractivity contribution in [2.75, 3.05) is 18.1 Å². The van der Waals surface area contributed by atoms with E-state index in [2.05, 4.69) is 73.3 Å². The van der Waals surface area contributed by atoms with Crippen molar-refractivity contribution in [1.82, 2.24) is 4.98 Å². The second-order valence-electron chi connectivity index (χ2n) is 13.0. The van der Waals surface area contributed by atoms with Crippen molar-refractivity contribution in [2.45, 2.75) is 65.2 Å². The number of carbonyl (C=O) groups is 1. The number of carbonyl (C=O) groups excluding carboxylic acids is 1. The van der Waals surface area contributed by atoms with Gasteiger partial charge in [-0.1, -0.05) is 101 Å². The van der Waals surface area contributed by atoms with Crippen molar-refractivity contribution < 1.29 is 14.3 Å². The molecule has 0 aliphatic rings. The number of para-hydroxylation sites is 1. The van der Waals surface area contributed by atoms with Crippen LogP contribution in [0.3, 0.4) is 0 Å². The van der Waals surface area contributed by atoms with Gasteiger partial charge in [-0.15, -0.1) is 11.3 Å². The lowest BCUT2D eigenvalue weighted by Gasteiger charge is -2.26. The Bertz CT molecular complexity index is 1920. The summed E-state index contributed by atoms with van der Waals surface area (Å²) < 4.78 is 13.3. The molecule has 0 unspecified atom stereocenters. The highest BCUT2D eigenvalue weighted by Gasteiger charge is 2.14. The lowest BCUT2D eigenvalue weighted by Crippen LogP contribution is -2.10. The summed E-state index contributed by atoms with van der Waals surface area (Å²) in [6.45, 7) is 5.89. The average molecular weight is 709 g/mol. The molecule has 1 heterocycles. The zero-order chi connectivity index (χ0) is 36.0. The molecule has 6 aromatic rings. The number of thiazole rings is 1. The molecule has 52 heavy (non-hydrogen) atoms. The van der Waals surface area contributed by atoms with Gasteiger partial charge in [-0.25, -0.2) is 4.98 Å². The van der Waals surface area contributed by atoms with E-state index in [1.54, 1.807) is 11.3 Å². The fourth-order valence-corrected chi connectivity index (χ4v) is 7.12. The molecule has 0 amide bonds. The highest BCUT2D eigenvalue weighted by Crippen LogP contribution is 2.37. The molecule has 5 nitrogen and oxygen atoms in total. The van der Waals surface area contributed by atoms with Gasteiger partial charge in [0.05, 0.1) is 23.4 Å². The SMILES string of the molecule is CCCCCCOc1ccc(N(c2ccc(OCCCCCC)cc2)c2ccc(/C(C=O)=C/c3ccc(-c4nc5ccccc5s4)cc3)cc2)cc1. The summed E-state index contributed by atoms with van der Waals surface area (Å²) in [5.74, 6) is 1.74. The van der Waals surface area contributed by atoms with Gasteiger partial charge in [0.15, 0.2) is 6.29 Å². The Morgan fingerprint density at radius 2 is 1.17 bits per heavy atom. The molecule has 6 heteroatoms. The minimum atomic E-state index is 0.617. The van der Waals surface area contributed by atoms with Crippen LogP contribution in [-0.2, 0) is 4.79 Å². The first-order valence-corrected chi connectivity index (χ1v) is 19.5.